The number of carbonyl (C=O) groups is 2. The van der Waals surface area contributed by atoms with E-state index in [1.807, 2.05) is 38.4 Å². The molecule has 0 fully saturated rings. The second-order valence-electron chi connectivity index (χ2n) is 7.67. The van der Waals surface area contributed by atoms with Crippen LogP contribution in [-0.4, -0.2) is 66.4 Å². The maximum Gasteiger partial charge on any atom is 0.268 e. The van der Waals surface area contributed by atoms with Crippen molar-refractivity contribution in [2.24, 2.45) is 0 Å². The average molecular weight is 455 g/mol. The molecule has 0 aliphatic carbocycles. The van der Waals surface area contributed by atoms with Crippen LogP contribution in [0.1, 0.15) is 41.4 Å². The number of hydrogen-bond acceptors (Lipinski definition) is 6. The average Bonchev–Trinajstić information content (AvgIpc) is 2.79. The number of aliphatic hydroxyl groups excluding tert-OH is 1. The van der Waals surface area contributed by atoms with Crippen LogP contribution < -0.4 is 16.1 Å². The van der Waals surface area contributed by atoms with Gasteiger partial charge in [-0.25, -0.2) is 5.48 Å². The molecule has 0 heterocycles. The molecule has 2 rings (SSSR count). The van der Waals surface area contributed by atoms with Gasteiger partial charge in [0.05, 0.1) is 6.10 Å². The lowest BCUT2D eigenvalue weighted by Crippen LogP contribution is -2.51. The number of hydroxylamine groups is 1. The van der Waals surface area contributed by atoms with E-state index in [2.05, 4.69) is 27.4 Å². The first-order valence-corrected chi connectivity index (χ1v) is 10.3. The number of amides is 2. The Kier molecular flexibility index (Phi) is 11.8. The zero-order chi connectivity index (χ0) is 23.5. The SMILES string of the molecule is C.C[C@@H](O)[C@H](NC(=O)c1ccc(C#Cc2ccc(CNCCN(C)C)cc2)cc1)C(=O)NO. The molecule has 0 saturated heterocycles. The van der Waals surface area contributed by atoms with Gasteiger partial charge in [-0.15, -0.1) is 0 Å². The zero-order valence-electron chi connectivity index (χ0n) is 18.6. The van der Waals surface area contributed by atoms with Crippen molar-refractivity contribution in [3.8, 4) is 11.8 Å². The summed E-state index contributed by atoms with van der Waals surface area (Å²) in [5.74, 6) is 4.71. The first-order chi connectivity index (χ1) is 15.3. The van der Waals surface area contributed by atoms with E-state index in [9.17, 15) is 14.7 Å². The van der Waals surface area contributed by atoms with Gasteiger partial charge >= 0.3 is 0 Å². The van der Waals surface area contributed by atoms with E-state index in [1.54, 1.807) is 24.3 Å². The molecule has 2 aromatic carbocycles. The number of aliphatic hydroxyl groups is 1. The van der Waals surface area contributed by atoms with Crippen molar-refractivity contribution in [2.45, 2.75) is 33.0 Å². The maximum absolute atomic E-state index is 12.3. The molecule has 2 atom stereocenters. The molecule has 5 N–H and O–H groups in total. The highest BCUT2D eigenvalue weighted by Crippen LogP contribution is 2.07. The summed E-state index contributed by atoms with van der Waals surface area (Å²) in [6.45, 7) is 4.06. The molecule has 0 spiro atoms. The molecule has 2 amide bonds. The maximum atomic E-state index is 12.3. The number of nitrogens with zero attached hydrogens (tertiary/aromatic N) is 1. The number of carbonyl (C=O) groups excluding carboxylic acids is 2. The van der Waals surface area contributed by atoms with Crippen LogP contribution in [-0.2, 0) is 11.3 Å². The largest absolute Gasteiger partial charge is 0.391 e. The monoisotopic (exact) mass is 454 g/mol. The normalized spacial score (nSPS) is 12.1. The van der Waals surface area contributed by atoms with Crippen LogP contribution in [0.5, 0.6) is 0 Å². The van der Waals surface area contributed by atoms with Crippen molar-refractivity contribution in [2.75, 3.05) is 27.2 Å². The first-order valence-electron chi connectivity index (χ1n) is 10.3. The number of benzene rings is 2. The Morgan fingerprint density at radius 1 is 1.00 bits per heavy atom. The number of hydrogen-bond donors (Lipinski definition) is 5. The van der Waals surface area contributed by atoms with Gasteiger partial charge < -0.3 is 20.6 Å². The second kappa shape index (κ2) is 14.0. The third-order valence-corrected chi connectivity index (χ3v) is 4.68. The van der Waals surface area contributed by atoms with Crippen LogP contribution in [0.25, 0.3) is 0 Å². The van der Waals surface area contributed by atoms with Gasteiger partial charge in [0.15, 0.2) is 0 Å². The predicted octanol–water partition coefficient (Wildman–Crippen LogP) is 1.36. The Balaban J connectivity index is 0.00000544. The molecule has 0 unspecified atom stereocenters. The van der Waals surface area contributed by atoms with E-state index < -0.39 is 24.0 Å². The summed E-state index contributed by atoms with van der Waals surface area (Å²) < 4.78 is 0. The van der Waals surface area contributed by atoms with E-state index in [-0.39, 0.29) is 7.43 Å². The van der Waals surface area contributed by atoms with Crippen LogP contribution in [0, 0.1) is 11.8 Å². The van der Waals surface area contributed by atoms with Crippen molar-refractivity contribution in [3.05, 3.63) is 70.8 Å². The van der Waals surface area contributed by atoms with Gasteiger partial charge in [0, 0.05) is 36.3 Å². The molecule has 33 heavy (non-hydrogen) atoms. The van der Waals surface area contributed by atoms with Crippen LogP contribution in [0.15, 0.2) is 48.5 Å². The third-order valence-electron chi connectivity index (χ3n) is 4.68. The zero-order valence-corrected chi connectivity index (χ0v) is 18.6. The van der Waals surface area contributed by atoms with Crippen molar-refractivity contribution in [3.63, 3.8) is 0 Å². The summed E-state index contributed by atoms with van der Waals surface area (Å²) in [5.41, 5.74) is 4.54. The molecule has 178 valence electrons. The van der Waals surface area contributed by atoms with Gasteiger partial charge in [0.2, 0.25) is 0 Å². The number of nitrogens with one attached hydrogen (secondary N) is 3. The standard InChI is InChI=1S/C24H30N4O4.CH4/c1-17(29)22(24(31)27-32)26-23(30)21-12-10-19(11-13-21)5-4-18-6-8-20(9-7-18)16-25-14-15-28(2)3;/h6-13,17,22,25,29,32H,14-16H2,1-3H3,(H,26,30)(H,27,31);1H4/t17-,22+;/m1./s1. The Morgan fingerprint density at radius 3 is 2.03 bits per heavy atom. The number of likely N-dealkylation sites (N-methyl/N-ethyl adjacent to an activating group) is 1. The van der Waals surface area contributed by atoms with E-state index in [0.717, 1.165) is 30.8 Å². The fourth-order valence-electron chi connectivity index (χ4n) is 2.79. The summed E-state index contributed by atoms with van der Waals surface area (Å²) in [4.78, 5) is 26.0. The minimum Gasteiger partial charge on any atom is -0.391 e. The molecule has 0 bridgehead atoms. The summed E-state index contributed by atoms with van der Waals surface area (Å²) in [7, 11) is 4.09. The van der Waals surface area contributed by atoms with Crippen molar-refractivity contribution in [1.82, 2.24) is 21.0 Å². The topological polar surface area (TPSA) is 114 Å². The molecule has 0 aliphatic heterocycles. The van der Waals surface area contributed by atoms with Crippen LogP contribution in [0.4, 0.5) is 0 Å². The fraction of sp³-hybridized carbons (Fsp3) is 0.360. The van der Waals surface area contributed by atoms with Crippen LogP contribution in [0.2, 0.25) is 0 Å². The van der Waals surface area contributed by atoms with Gasteiger partial charge in [-0.2, -0.15) is 0 Å². The van der Waals surface area contributed by atoms with Crippen molar-refractivity contribution in [1.29, 1.82) is 0 Å². The minimum absolute atomic E-state index is 0. The smallest absolute Gasteiger partial charge is 0.268 e. The Labute approximate surface area is 196 Å². The molecule has 2 aromatic rings. The highest BCUT2D eigenvalue weighted by molar-refractivity contribution is 5.97. The number of rotatable bonds is 9. The summed E-state index contributed by atoms with van der Waals surface area (Å²) in [6.07, 6.45) is -1.17. The fourth-order valence-corrected chi connectivity index (χ4v) is 2.79. The van der Waals surface area contributed by atoms with Gasteiger partial charge in [0.25, 0.3) is 11.8 Å². The summed E-state index contributed by atoms with van der Waals surface area (Å²) in [6, 6.07) is 13.3. The van der Waals surface area contributed by atoms with Crippen molar-refractivity contribution >= 4 is 11.8 Å². The Morgan fingerprint density at radius 2 is 1.55 bits per heavy atom. The quantitative estimate of drug-likeness (QED) is 0.169. The lowest BCUT2D eigenvalue weighted by Gasteiger charge is -2.19. The molecule has 8 nitrogen and oxygen atoms in total. The summed E-state index contributed by atoms with van der Waals surface area (Å²) in [5, 5.41) is 24.1. The molecular weight excluding hydrogens is 420 g/mol. The van der Waals surface area contributed by atoms with Gasteiger partial charge in [-0.05, 0) is 63.0 Å². The van der Waals surface area contributed by atoms with E-state index in [0.29, 0.717) is 5.56 Å². The van der Waals surface area contributed by atoms with Crippen LogP contribution >= 0.6 is 0 Å². The first kappa shape index (κ1) is 27.8. The lowest BCUT2D eigenvalue weighted by atomic mass is 10.1. The lowest BCUT2D eigenvalue weighted by molar-refractivity contribution is -0.133. The highest BCUT2D eigenvalue weighted by atomic mass is 16.5. The molecule has 0 aliphatic rings. The predicted molar refractivity (Wildman–Crippen MR) is 129 cm³/mol. The molecule has 0 saturated carbocycles. The Hall–Kier alpha value is -3.22. The van der Waals surface area contributed by atoms with Gasteiger partial charge in [-0.3, -0.25) is 14.8 Å². The van der Waals surface area contributed by atoms with E-state index in [4.69, 9.17) is 5.21 Å². The van der Waals surface area contributed by atoms with E-state index in [1.165, 1.54) is 18.0 Å². The van der Waals surface area contributed by atoms with Gasteiger partial charge in [-0.1, -0.05) is 31.4 Å². The minimum atomic E-state index is -1.27. The molecule has 0 aromatic heterocycles. The third kappa shape index (κ3) is 9.43. The Bertz CT molecular complexity index is 945. The van der Waals surface area contributed by atoms with Crippen molar-refractivity contribution < 1.29 is 19.9 Å². The second-order valence-corrected chi connectivity index (χ2v) is 7.67. The summed E-state index contributed by atoms with van der Waals surface area (Å²) >= 11 is 0. The highest BCUT2D eigenvalue weighted by Gasteiger charge is 2.25. The van der Waals surface area contributed by atoms with E-state index >= 15 is 0 Å². The molecule has 0 radical (unpaired) electrons. The van der Waals surface area contributed by atoms with Crippen LogP contribution in [0.3, 0.4) is 0 Å². The molecule has 8 heteroatoms. The van der Waals surface area contributed by atoms with Gasteiger partial charge in [0.1, 0.15) is 6.04 Å². The molecular formula is C25H34N4O4.